The lowest BCUT2D eigenvalue weighted by molar-refractivity contribution is 0.462. The minimum atomic E-state index is 0.680. The van der Waals surface area contributed by atoms with Gasteiger partial charge >= 0.3 is 0 Å². The molecule has 0 aromatic carbocycles. The molecule has 1 heterocycles. The van der Waals surface area contributed by atoms with Crippen LogP contribution in [0, 0.1) is 0 Å². The Morgan fingerprint density at radius 2 is 2.24 bits per heavy atom. The topological polar surface area (TPSA) is 17.8 Å². The summed E-state index contributed by atoms with van der Waals surface area (Å²) in [4.78, 5) is 0.680. The van der Waals surface area contributed by atoms with Crippen LogP contribution in [0.5, 0.6) is 0 Å². The van der Waals surface area contributed by atoms with Crippen LogP contribution in [0.3, 0.4) is 0 Å². The van der Waals surface area contributed by atoms with Crippen molar-refractivity contribution in [1.29, 1.82) is 0 Å². The first-order chi connectivity index (χ1) is 8.29. The number of rotatable bonds is 6. The number of aromatic nitrogens is 2. The van der Waals surface area contributed by atoms with E-state index in [4.69, 9.17) is 5.10 Å². The average Bonchev–Trinajstić information content (AvgIpc) is 2.98. The molecule has 0 spiro atoms. The summed E-state index contributed by atoms with van der Waals surface area (Å²) in [5.74, 6) is 0. The number of alkyl halides is 1. The monoisotopic (exact) mass is 298 g/mol. The standard InChI is InChI=1S/C14H23BrN2/c1-2-12(15)6-5-7-13-10-11-17(16-13)14-8-3-4-9-14/h10-12,14H,2-9H2,1H3. The number of hydrogen-bond donors (Lipinski definition) is 0. The summed E-state index contributed by atoms with van der Waals surface area (Å²) in [6.45, 7) is 2.23. The van der Waals surface area contributed by atoms with Gasteiger partial charge in [0.1, 0.15) is 0 Å². The van der Waals surface area contributed by atoms with Gasteiger partial charge < -0.3 is 0 Å². The summed E-state index contributed by atoms with van der Waals surface area (Å²) in [7, 11) is 0. The van der Waals surface area contributed by atoms with Crippen LogP contribution >= 0.6 is 15.9 Å². The molecule has 0 radical (unpaired) electrons. The number of hydrogen-bond acceptors (Lipinski definition) is 1. The zero-order valence-electron chi connectivity index (χ0n) is 10.7. The molecule has 0 saturated heterocycles. The Labute approximate surface area is 113 Å². The number of aryl methyl sites for hydroxylation is 1. The molecule has 0 aliphatic heterocycles. The first-order valence-corrected chi connectivity index (χ1v) is 7.89. The lowest BCUT2D eigenvalue weighted by Gasteiger charge is -2.09. The predicted molar refractivity (Wildman–Crippen MR) is 75.7 cm³/mol. The van der Waals surface area contributed by atoms with Crippen molar-refractivity contribution in [2.75, 3.05) is 0 Å². The molecule has 1 atom stereocenters. The van der Waals surface area contributed by atoms with Gasteiger partial charge in [-0.15, -0.1) is 0 Å². The van der Waals surface area contributed by atoms with Crippen molar-refractivity contribution in [2.45, 2.75) is 69.2 Å². The molecule has 2 nitrogen and oxygen atoms in total. The fourth-order valence-corrected chi connectivity index (χ4v) is 2.92. The Balaban J connectivity index is 1.77. The summed E-state index contributed by atoms with van der Waals surface area (Å²) in [5, 5.41) is 4.72. The minimum absolute atomic E-state index is 0.680. The van der Waals surface area contributed by atoms with Crippen LogP contribution in [0.15, 0.2) is 12.3 Å². The summed E-state index contributed by atoms with van der Waals surface area (Å²) in [6.07, 6.45) is 12.4. The fraction of sp³-hybridized carbons (Fsp3) is 0.786. The summed E-state index contributed by atoms with van der Waals surface area (Å²) >= 11 is 3.68. The van der Waals surface area contributed by atoms with Crippen LogP contribution in [-0.2, 0) is 6.42 Å². The maximum Gasteiger partial charge on any atom is 0.0624 e. The number of halogens is 1. The highest BCUT2D eigenvalue weighted by molar-refractivity contribution is 9.09. The van der Waals surface area contributed by atoms with Gasteiger partial charge in [0.15, 0.2) is 0 Å². The highest BCUT2D eigenvalue weighted by Gasteiger charge is 2.17. The lowest BCUT2D eigenvalue weighted by atomic mass is 10.1. The molecule has 1 unspecified atom stereocenters. The first-order valence-electron chi connectivity index (χ1n) is 6.97. The van der Waals surface area contributed by atoms with Crippen LogP contribution in [0.4, 0.5) is 0 Å². The molecule has 0 amide bonds. The van der Waals surface area contributed by atoms with Crippen LogP contribution in [-0.4, -0.2) is 14.6 Å². The van der Waals surface area contributed by atoms with Crippen molar-refractivity contribution < 1.29 is 0 Å². The molecule has 0 N–H and O–H groups in total. The first kappa shape index (κ1) is 13.1. The molecule has 3 heteroatoms. The normalized spacial score (nSPS) is 18.7. The molecule has 1 aromatic rings. The quantitative estimate of drug-likeness (QED) is 0.707. The zero-order chi connectivity index (χ0) is 12.1. The molecule has 0 bridgehead atoms. The van der Waals surface area contributed by atoms with Crippen molar-refractivity contribution in [3.05, 3.63) is 18.0 Å². The Kier molecular flexibility index (Phi) is 5.08. The molecule has 1 saturated carbocycles. The predicted octanol–water partition coefficient (Wildman–Crippen LogP) is 4.49. The maximum absolute atomic E-state index is 4.72. The molecular weight excluding hydrogens is 276 g/mol. The average molecular weight is 299 g/mol. The second kappa shape index (κ2) is 6.58. The van der Waals surface area contributed by atoms with E-state index in [0.717, 1.165) is 6.42 Å². The third-order valence-electron chi connectivity index (χ3n) is 3.76. The van der Waals surface area contributed by atoms with Crippen LogP contribution in [0.2, 0.25) is 0 Å². The van der Waals surface area contributed by atoms with E-state index in [1.807, 2.05) is 0 Å². The van der Waals surface area contributed by atoms with Gasteiger partial charge in [0.2, 0.25) is 0 Å². The van der Waals surface area contributed by atoms with E-state index < -0.39 is 0 Å². The summed E-state index contributed by atoms with van der Waals surface area (Å²) in [5.41, 5.74) is 1.27. The molecule has 1 aliphatic rings. The molecule has 1 fully saturated rings. The summed E-state index contributed by atoms with van der Waals surface area (Å²) < 4.78 is 2.20. The van der Waals surface area contributed by atoms with E-state index in [0.29, 0.717) is 10.9 Å². The third kappa shape index (κ3) is 3.84. The number of nitrogens with zero attached hydrogens (tertiary/aromatic N) is 2. The van der Waals surface area contributed by atoms with Gasteiger partial charge in [0, 0.05) is 11.0 Å². The van der Waals surface area contributed by atoms with Gasteiger partial charge in [0.25, 0.3) is 0 Å². The zero-order valence-corrected chi connectivity index (χ0v) is 12.3. The van der Waals surface area contributed by atoms with Crippen LogP contribution in [0.1, 0.15) is 63.6 Å². The maximum atomic E-state index is 4.72. The van der Waals surface area contributed by atoms with E-state index in [1.165, 1.54) is 50.6 Å². The van der Waals surface area contributed by atoms with Gasteiger partial charge in [-0.05, 0) is 44.6 Å². The van der Waals surface area contributed by atoms with Crippen molar-refractivity contribution in [3.8, 4) is 0 Å². The van der Waals surface area contributed by atoms with Gasteiger partial charge in [-0.3, -0.25) is 4.68 Å². The largest absolute Gasteiger partial charge is 0.269 e. The molecule has 96 valence electrons. The van der Waals surface area contributed by atoms with E-state index >= 15 is 0 Å². The van der Waals surface area contributed by atoms with Gasteiger partial charge in [-0.25, -0.2) is 0 Å². The second-order valence-corrected chi connectivity index (χ2v) is 6.42. The third-order valence-corrected chi connectivity index (χ3v) is 4.86. The van der Waals surface area contributed by atoms with Crippen molar-refractivity contribution in [2.24, 2.45) is 0 Å². The van der Waals surface area contributed by atoms with Crippen molar-refractivity contribution in [1.82, 2.24) is 9.78 Å². The molecular formula is C14H23BrN2. The van der Waals surface area contributed by atoms with Crippen molar-refractivity contribution in [3.63, 3.8) is 0 Å². The highest BCUT2D eigenvalue weighted by atomic mass is 79.9. The SMILES string of the molecule is CCC(Br)CCCc1ccn(C2CCCC2)n1. The van der Waals surface area contributed by atoms with Gasteiger partial charge in [-0.2, -0.15) is 5.10 Å². The van der Waals surface area contributed by atoms with E-state index in [-0.39, 0.29) is 0 Å². The Morgan fingerprint density at radius 3 is 2.94 bits per heavy atom. The highest BCUT2D eigenvalue weighted by Crippen LogP contribution is 2.28. The van der Waals surface area contributed by atoms with Crippen molar-refractivity contribution >= 4 is 15.9 Å². The Bertz CT molecular complexity index is 329. The fourth-order valence-electron chi connectivity index (χ4n) is 2.59. The smallest absolute Gasteiger partial charge is 0.0624 e. The van der Waals surface area contributed by atoms with E-state index in [1.54, 1.807) is 0 Å². The van der Waals surface area contributed by atoms with Gasteiger partial charge in [0.05, 0.1) is 11.7 Å². The molecule has 1 aromatic heterocycles. The van der Waals surface area contributed by atoms with Gasteiger partial charge in [-0.1, -0.05) is 35.7 Å². The second-order valence-electron chi connectivity index (χ2n) is 5.12. The lowest BCUT2D eigenvalue weighted by Crippen LogP contribution is -2.05. The molecule has 1 aliphatic carbocycles. The summed E-state index contributed by atoms with van der Waals surface area (Å²) in [6, 6.07) is 2.89. The van der Waals surface area contributed by atoms with E-state index in [2.05, 4.69) is 39.8 Å². The van der Waals surface area contributed by atoms with E-state index in [9.17, 15) is 0 Å². The minimum Gasteiger partial charge on any atom is -0.269 e. The molecule has 2 rings (SSSR count). The Hall–Kier alpha value is -0.310. The Morgan fingerprint density at radius 1 is 1.47 bits per heavy atom. The van der Waals surface area contributed by atoms with Crippen LogP contribution < -0.4 is 0 Å². The van der Waals surface area contributed by atoms with Crippen LogP contribution in [0.25, 0.3) is 0 Å². The molecule has 17 heavy (non-hydrogen) atoms.